The molecule has 2 aromatic carbocycles. The van der Waals surface area contributed by atoms with Crippen LogP contribution in [0, 0.1) is 5.82 Å². The number of anilines is 1. The predicted molar refractivity (Wildman–Crippen MR) is 83.6 cm³/mol. The van der Waals surface area contributed by atoms with Crippen molar-refractivity contribution in [3.8, 4) is 11.5 Å². The third kappa shape index (κ3) is 2.97. The summed E-state index contributed by atoms with van der Waals surface area (Å²) in [6.07, 6.45) is 0.817. The van der Waals surface area contributed by atoms with E-state index in [1.165, 1.54) is 6.07 Å². The fraction of sp³-hybridized carbons (Fsp3) is 0.250. The first kappa shape index (κ1) is 14.2. The number of hydrogen-bond acceptors (Lipinski definition) is 3. The molecule has 1 N–H and O–H groups in total. The Morgan fingerprint density at radius 3 is 2.90 bits per heavy atom. The molecule has 5 heteroatoms. The Bertz CT molecular complexity index is 663. The van der Waals surface area contributed by atoms with Crippen LogP contribution in [0.1, 0.15) is 18.0 Å². The van der Waals surface area contributed by atoms with Crippen LogP contribution in [-0.4, -0.2) is 13.7 Å². The molecule has 0 aromatic heterocycles. The number of fused-ring (bicyclic) bond motifs is 1. The van der Waals surface area contributed by atoms with Crippen molar-refractivity contribution in [2.75, 3.05) is 19.0 Å². The molecule has 1 unspecified atom stereocenters. The fourth-order valence-electron chi connectivity index (χ4n) is 2.44. The van der Waals surface area contributed by atoms with Gasteiger partial charge in [0.15, 0.2) is 0 Å². The van der Waals surface area contributed by atoms with Gasteiger partial charge in [0.05, 0.1) is 24.2 Å². The fourth-order valence-corrected chi connectivity index (χ4v) is 2.68. The molecule has 0 amide bonds. The van der Waals surface area contributed by atoms with Crippen LogP contribution in [0.15, 0.2) is 40.9 Å². The summed E-state index contributed by atoms with van der Waals surface area (Å²) in [5.74, 6) is 1.35. The van der Waals surface area contributed by atoms with Gasteiger partial charge in [-0.25, -0.2) is 4.39 Å². The van der Waals surface area contributed by atoms with Crippen molar-refractivity contribution in [3.05, 3.63) is 52.3 Å². The van der Waals surface area contributed by atoms with E-state index in [0.717, 1.165) is 29.2 Å². The van der Waals surface area contributed by atoms with Crippen LogP contribution in [0.25, 0.3) is 0 Å². The Balaban J connectivity index is 1.88. The van der Waals surface area contributed by atoms with Crippen molar-refractivity contribution in [1.29, 1.82) is 0 Å². The molecule has 2 aromatic rings. The second-order valence-corrected chi connectivity index (χ2v) is 5.72. The highest BCUT2D eigenvalue weighted by molar-refractivity contribution is 9.10. The summed E-state index contributed by atoms with van der Waals surface area (Å²) in [4.78, 5) is 0. The van der Waals surface area contributed by atoms with Gasteiger partial charge in [-0.1, -0.05) is 0 Å². The highest BCUT2D eigenvalue weighted by Crippen LogP contribution is 2.37. The first-order valence-electron chi connectivity index (χ1n) is 6.69. The molecule has 1 heterocycles. The van der Waals surface area contributed by atoms with E-state index in [9.17, 15) is 4.39 Å². The molecule has 1 aliphatic rings. The second-order valence-electron chi connectivity index (χ2n) is 4.87. The van der Waals surface area contributed by atoms with Crippen molar-refractivity contribution in [3.63, 3.8) is 0 Å². The van der Waals surface area contributed by atoms with Crippen LogP contribution < -0.4 is 14.8 Å². The van der Waals surface area contributed by atoms with Gasteiger partial charge in [-0.05, 0) is 52.3 Å². The minimum absolute atomic E-state index is 0.0735. The van der Waals surface area contributed by atoms with Gasteiger partial charge in [0.1, 0.15) is 17.3 Å². The summed E-state index contributed by atoms with van der Waals surface area (Å²) >= 11 is 3.16. The highest BCUT2D eigenvalue weighted by atomic mass is 79.9. The molecule has 3 rings (SSSR count). The molecule has 0 saturated heterocycles. The van der Waals surface area contributed by atoms with Crippen LogP contribution in [0.2, 0.25) is 0 Å². The van der Waals surface area contributed by atoms with Gasteiger partial charge in [0.2, 0.25) is 0 Å². The van der Waals surface area contributed by atoms with Gasteiger partial charge in [-0.15, -0.1) is 0 Å². The van der Waals surface area contributed by atoms with Gasteiger partial charge in [-0.3, -0.25) is 0 Å². The maximum atomic E-state index is 13.6. The van der Waals surface area contributed by atoms with Crippen molar-refractivity contribution < 1.29 is 13.9 Å². The number of halogens is 2. The zero-order chi connectivity index (χ0) is 14.8. The first-order chi connectivity index (χ1) is 10.2. The van der Waals surface area contributed by atoms with Crippen molar-refractivity contribution in [1.82, 2.24) is 0 Å². The van der Waals surface area contributed by atoms with E-state index in [1.807, 2.05) is 24.3 Å². The van der Waals surface area contributed by atoms with Gasteiger partial charge in [0, 0.05) is 17.7 Å². The molecule has 0 fully saturated rings. The molecule has 1 atom stereocenters. The Hall–Kier alpha value is -1.75. The summed E-state index contributed by atoms with van der Waals surface area (Å²) in [5.41, 5.74) is 1.78. The molecular formula is C16H15BrFNO2. The lowest BCUT2D eigenvalue weighted by Crippen LogP contribution is -2.20. The van der Waals surface area contributed by atoms with Gasteiger partial charge in [0.25, 0.3) is 0 Å². The van der Waals surface area contributed by atoms with Crippen LogP contribution in [0.5, 0.6) is 11.5 Å². The SMILES string of the molecule is COc1ccc2c(c1)C(Nc1ccc(Br)c(F)c1)CCO2. The second kappa shape index (κ2) is 5.93. The van der Waals surface area contributed by atoms with Gasteiger partial charge < -0.3 is 14.8 Å². The van der Waals surface area contributed by atoms with E-state index < -0.39 is 0 Å². The third-order valence-electron chi connectivity index (χ3n) is 3.52. The number of hydrogen-bond donors (Lipinski definition) is 1. The molecule has 0 aliphatic carbocycles. The standard InChI is InChI=1S/C16H15BrFNO2/c1-20-11-3-5-16-12(9-11)15(6-7-21-16)19-10-2-4-13(17)14(18)8-10/h2-5,8-9,15,19H,6-7H2,1H3. The minimum atomic E-state index is -0.280. The van der Waals surface area contributed by atoms with Crippen LogP contribution in [-0.2, 0) is 0 Å². The molecule has 3 nitrogen and oxygen atoms in total. The van der Waals surface area contributed by atoms with Crippen LogP contribution in [0.4, 0.5) is 10.1 Å². The highest BCUT2D eigenvalue weighted by Gasteiger charge is 2.22. The lowest BCUT2D eigenvalue weighted by atomic mass is 10.00. The smallest absolute Gasteiger partial charge is 0.139 e. The van der Waals surface area contributed by atoms with Crippen LogP contribution in [0.3, 0.4) is 0 Å². The van der Waals surface area contributed by atoms with Gasteiger partial charge >= 0.3 is 0 Å². The normalized spacial score (nSPS) is 16.8. The Morgan fingerprint density at radius 1 is 1.29 bits per heavy atom. The topological polar surface area (TPSA) is 30.5 Å². The summed E-state index contributed by atoms with van der Waals surface area (Å²) in [7, 11) is 1.64. The Kier molecular flexibility index (Phi) is 4.01. The van der Waals surface area contributed by atoms with E-state index in [2.05, 4.69) is 21.2 Å². The minimum Gasteiger partial charge on any atom is -0.497 e. The number of rotatable bonds is 3. The summed E-state index contributed by atoms with van der Waals surface area (Å²) in [6, 6.07) is 10.8. The Labute approximate surface area is 131 Å². The largest absolute Gasteiger partial charge is 0.497 e. The molecule has 110 valence electrons. The molecule has 21 heavy (non-hydrogen) atoms. The van der Waals surface area contributed by atoms with Crippen LogP contribution >= 0.6 is 15.9 Å². The molecule has 0 radical (unpaired) electrons. The first-order valence-corrected chi connectivity index (χ1v) is 7.49. The average molecular weight is 352 g/mol. The molecular weight excluding hydrogens is 337 g/mol. The van der Waals surface area contributed by atoms with Crippen molar-refractivity contribution in [2.24, 2.45) is 0 Å². The van der Waals surface area contributed by atoms with E-state index in [1.54, 1.807) is 13.2 Å². The summed E-state index contributed by atoms with van der Waals surface area (Å²) in [6.45, 7) is 0.635. The zero-order valence-corrected chi connectivity index (χ0v) is 13.1. The molecule has 0 bridgehead atoms. The quantitative estimate of drug-likeness (QED) is 0.880. The monoisotopic (exact) mass is 351 g/mol. The maximum absolute atomic E-state index is 13.6. The Morgan fingerprint density at radius 2 is 2.14 bits per heavy atom. The lowest BCUT2D eigenvalue weighted by molar-refractivity contribution is 0.273. The average Bonchev–Trinajstić information content (AvgIpc) is 2.51. The van der Waals surface area contributed by atoms with Crippen molar-refractivity contribution >= 4 is 21.6 Å². The van der Waals surface area contributed by atoms with Gasteiger partial charge in [-0.2, -0.15) is 0 Å². The molecule has 0 saturated carbocycles. The number of ether oxygens (including phenoxy) is 2. The molecule has 0 spiro atoms. The number of nitrogens with one attached hydrogen (secondary N) is 1. The summed E-state index contributed by atoms with van der Waals surface area (Å²) < 4.78 is 25.0. The number of benzene rings is 2. The van der Waals surface area contributed by atoms with E-state index in [0.29, 0.717) is 11.1 Å². The number of methoxy groups -OCH3 is 1. The summed E-state index contributed by atoms with van der Waals surface area (Å²) in [5, 5.41) is 3.36. The van der Waals surface area contributed by atoms with Crippen molar-refractivity contribution in [2.45, 2.75) is 12.5 Å². The maximum Gasteiger partial charge on any atom is 0.139 e. The predicted octanol–water partition coefficient (Wildman–Crippen LogP) is 4.53. The lowest BCUT2D eigenvalue weighted by Gasteiger charge is -2.28. The third-order valence-corrected chi connectivity index (χ3v) is 4.16. The van der Waals surface area contributed by atoms with E-state index >= 15 is 0 Å². The van der Waals surface area contributed by atoms with E-state index in [-0.39, 0.29) is 11.9 Å². The zero-order valence-electron chi connectivity index (χ0n) is 11.5. The van der Waals surface area contributed by atoms with E-state index in [4.69, 9.17) is 9.47 Å². The molecule has 1 aliphatic heterocycles.